The van der Waals surface area contributed by atoms with Gasteiger partial charge in [0.15, 0.2) is 0 Å². The highest BCUT2D eigenvalue weighted by atomic mass is 35.5. The van der Waals surface area contributed by atoms with Crippen LogP contribution in [-0.2, 0) is 6.42 Å². The van der Waals surface area contributed by atoms with Crippen molar-refractivity contribution in [1.82, 2.24) is 0 Å². The summed E-state index contributed by atoms with van der Waals surface area (Å²) in [6, 6.07) is 12.7. The van der Waals surface area contributed by atoms with Crippen LogP contribution in [0.1, 0.15) is 22.8 Å². The van der Waals surface area contributed by atoms with Gasteiger partial charge in [-0.2, -0.15) is 0 Å². The van der Waals surface area contributed by atoms with E-state index in [1.54, 1.807) is 18.2 Å². The van der Waals surface area contributed by atoms with Crippen LogP contribution in [0.2, 0.25) is 10.0 Å². The normalized spacial score (nSPS) is 10.3. The molecule has 0 atom stereocenters. The second kappa shape index (κ2) is 6.09. The van der Waals surface area contributed by atoms with Crippen LogP contribution in [0.15, 0.2) is 42.5 Å². The van der Waals surface area contributed by atoms with E-state index < -0.39 is 0 Å². The van der Waals surface area contributed by atoms with Crippen LogP contribution < -0.4 is 5.32 Å². The third-order valence-electron chi connectivity index (χ3n) is 2.81. The molecule has 0 bridgehead atoms. The molecule has 0 aromatic heterocycles. The molecule has 2 rings (SSSR count). The van der Waals surface area contributed by atoms with Gasteiger partial charge >= 0.3 is 0 Å². The minimum Gasteiger partial charge on any atom is -0.322 e. The Kier molecular flexibility index (Phi) is 4.46. The van der Waals surface area contributed by atoms with Gasteiger partial charge in [-0.1, -0.05) is 48.3 Å². The molecule has 2 aromatic carbocycles. The van der Waals surface area contributed by atoms with Crippen LogP contribution in [0.5, 0.6) is 0 Å². The van der Waals surface area contributed by atoms with Crippen LogP contribution in [0.3, 0.4) is 0 Å². The van der Waals surface area contributed by atoms with Crippen molar-refractivity contribution in [2.24, 2.45) is 0 Å². The highest BCUT2D eigenvalue weighted by Crippen LogP contribution is 2.25. The topological polar surface area (TPSA) is 29.1 Å². The number of hydrogen-bond acceptors (Lipinski definition) is 1. The van der Waals surface area contributed by atoms with Gasteiger partial charge in [0, 0.05) is 5.69 Å². The lowest BCUT2D eigenvalue weighted by molar-refractivity contribution is 0.102. The zero-order valence-electron chi connectivity index (χ0n) is 10.4. The molecule has 19 heavy (non-hydrogen) atoms. The molecule has 0 aliphatic heterocycles. The van der Waals surface area contributed by atoms with Crippen LogP contribution in [0.4, 0.5) is 5.69 Å². The van der Waals surface area contributed by atoms with E-state index in [4.69, 9.17) is 23.2 Å². The zero-order chi connectivity index (χ0) is 13.8. The maximum absolute atomic E-state index is 12.1. The number of amides is 1. The van der Waals surface area contributed by atoms with Crippen LogP contribution >= 0.6 is 23.2 Å². The smallest absolute Gasteiger partial charge is 0.258 e. The van der Waals surface area contributed by atoms with Gasteiger partial charge in [-0.05, 0) is 36.2 Å². The lowest BCUT2D eigenvalue weighted by Gasteiger charge is -2.08. The predicted molar refractivity (Wildman–Crippen MR) is 80.2 cm³/mol. The standard InChI is InChI=1S/C15H13Cl2NO/c1-2-10-6-8-11(9-7-10)18-15(19)14-12(16)4-3-5-13(14)17/h3-9H,2H2,1H3,(H,18,19). The summed E-state index contributed by atoms with van der Waals surface area (Å²) in [5.74, 6) is -0.306. The van der Waals surface area contributed by atoms with Crippen molar-refractivity contribution < 1.29 is 4.79 Å². The molecule has 0 saturated carbocycles. The van der Waals surface area contributed by atoms with Crippen molar-refractivity contribution in [3.05, 3.63) is 63.6 Å². The predicted octanol–water partition coefficient (Wildman–Crippen LogP) is 4.81. The number of aryl methyl sites for hydroxylation is 1. The average molecular weight is 294 g/mol. The van der Waals surface area contributed by atoms with E-state index in [-0.39, 0.29) is 5.91 Å². The second-order valence-electron chi connectivity index (χ2n) is 4.10. The Labute approximate surface area is 122 Å². The quantitative estimate of drug-likeness (QED) is 0.865. The summed E-state index contributed by atoms with van der Waals surface area (Å²) in [5.41, 5.74) is 2.23. The van der Waals surface area contributed by atoms with Crippen LogP contribution in [0.25, 0.3) is 0 Å². The van der Waals surface area contributed by atoms with E-state index >= 15 is 0 Å². The van der Waals surface area contributed by atoms with Crippen molar-refractivity contribution in [2.75, 3.05) is 5.32 Å². The third-order valence-corrected chi connectivity index (χ3v) is 3.44. The number of benzene rings is 2. The maximum Gasteiger partial charge on any atom is 0.258 e. The summed E-state index contributed by atoms with van der Waals surface area (Å²) < 4.78 is 0. The van der Waals surface area contributed by atoms with Gasteiger partial charge in [-0.3, -0.25) is 4.79 Å². The molecule has 2 nitrogen and oxygen atoms in total. The van der Waals surface area contributed by atoms with Crippen molar-refractivity contribution in [3.63, 3.8) is 0 Å². The molecular weight excluding hydrogens is 281 g/mol. The van der Waals surface area contributed by atoms with Gasteiger partial charge in [-0.15, -0.1) is 0 Å². The molecule has 0 spiro atoms. The SMILES string of the molecule is CCc1ccc(NC(=O)c2c(Cl)cccc2Cl)cc1. The number of rotatable bonds is 3. The van der Waals surface area contributed by atoms with E-state index in [9.17, 15) is 4.79 Å². The first-order valence-corrected chi connectivity index (χ1v) is 6.71. The molecule has 0 aliphatic rings. The first-order chi connectivity index (χ1) is 9.11. The molecule has 1 N–H and O–H groups in total. The Morgan fingerprint density at radius 2 is 1.63 bits per heavy atom. The number of hydrogen-bond donors (Lipinski definition) is 1. The second-order valence-corrected chi connectivity index (χ2v) is 4.92. The highest BCUT2D eigenvalue weighted by Gasteiger charge is 2.14. The molecular formula is C15H13Cl2NO. The van der Waals surface area contributed by atoms with E-state index in [2.05, 4.69) is 12.2 Å². The Balaban J connectivity index is 2.21. The fraction of sp³-hybridized carbons (Fsp3) is 0.133. The molecule has 0 aliphatic carbocycles. The Hall–Kier alpha value is -1.51. The van der Waals surface area contributed by atoms with Crippen molar-refractivity contribution >= 4 is 34.8 Å². The third kappa shape index (κ3) is 3.28. The Morgan fingerprint density at radius 3 is 2.16 bits per heavy atom. The minimum absolute atomic E-state index is 0.297. The fourth-order valence-electron chi connectivity index (χ4n) is 1.73. The molecule has 0 heterocycles. The van der Waals surface area contributed by atoms with Crippen molar-refractivity contribution in [3.8, 4) is 0 Å². The molecule has 0 radical (unpaired) electrons. The van der Waals surface area contributed by atoms with Gasteiger partial charge in [0.05, 0.1) is 15.6 Å². The summed E-state index contributed by atoms with van der Waals surface area (Å²) >= 11 is 12.0. The first kappa shape index (κ1) is 13.9. The molecule has 0 unspecified atom stereocenters. The summed E-state index contributed by atoms with van der Waals surface area (Å²) in [6.45, 7) is 2.08. The summed E-state index contributed by atoms with van der Waals surface area (Å²) in [6.07, 6.45) is 0.963. The monoisotopic (exact) mass is 293 g/mol. The maximum atomic E-state index is 12.1. The highest BCUT2D eigenvalue weighted by molar-refractivity contribution is 6.40. The summed E-state index contributed by atoms with van der Waals surface area (Å²) in [4.78, 5) is 12.1. The Bertz CT molecular complexity index is 573. The van der Waals surface area contributed by atoms with Crippen LogP contribution in [0, 0.1) is 0 Å². The van der Waals surface area contributed by atoms with E-state index in [0.717, 1.165) is 12.1 Å². The molecule has 1 amide bonds. The van der Waals surface area contributed by atoms with Gasteiger partial charge in [0.25, 0.3) is 5.91 Å². The van der Waals surface area contributed by atoms with Gasteiger partial charge < -0.3 is 5.32 Å². The van der Waals surface area contributed by atoms with Crippen molar-refractivity contribution in [2.45, 2.75) is 13.3 Å². The lowest BCUT2D eigenvalue weighted by atomic mass is 10.1. The van der Waals surface area contributed by atoms with E-state index in [1.165, 1.54) is 5.56 Å². The van der Waals surface area contributed by atoms with E-state index in [0.29, 0.717) is 15.6 Å². The summed E-state index contributed by atoms with van der Waals surface area (Å²) in [7, 11) is 0. The molecule has 0 fully saturated rings. The number of carbonyl (C=O) groups is 1. The largest absolute Gasteiger partial charge is 0.322 e. The zero-order valence-corrected chi connectivity index (χ0v) is 11.9. The van der Waals surface area contributed by atoms with Gasteiger partial charge in [0.1, 0.15) is 0 Å². The van der Waals surface area contributed by atoms with Crippen LogP contribution in [-0.4, -0.2) is 5.91 Å². The van der Waals surface area contributed by atoms with Crippen molar-refractivity contribution in [1.29, 1.82) is 0 Å². The summed E-state index contributed by atoms with van der Waals surface area (Å²) in [5, 5.41) is 3.47. The first-order valence-electron chi connectivity index (χ1n) is 5.96. The lowest BCUT2D eigenvalue weighted by Crippen LogP contribution is -2.13. The van der Waals surface area contributed by atoms with Gasteiger partial charge in [-0.25, -0.2) is 0 Å². The molecule has 98 valence electrons. The average Bonchev–Trinajstić information content (AvgIpc) is 2.39. The molecule has 2 aromatic rings. The minimum atomic E-state index is -0.306. The van der Waals surface area contributed by atoms with E-state index in [1.807, 2.05) is 24.3 Å². The molecule has 4 heteroatoms. The number of nitrogens with one attached hydrogen (secondary N) is 1. The fourth-order valence-corrected chi connectivity index (χ4v) is 2.30. The Morgan fingerprint density at radius 1 is 1.05 bits per heavy atom. The number of carbonyl (C=O) groups excluding carboxylic acids is 1. The number of anilines is 1. The number of halogens is 2. The molecule has 0 saturated heterocycles. The van der Waals surface area contributed by atoms with Gasteiger partial charge in [0.2, 0.25) is 0 Å².